The summed E-state index contributed by atoms with van der Waals surface area (Å²) in [5, 5.41) is 0. The fourth-order valence-electron chi connectivity index (χ4n) is 3.05. The van der Waals surface area contributed by atoms with Gasteiger partial charge in [0.1, 0.15) is 6.33 Å². The molecule has 1 aliphatic carbocycles. The maximum Gasteiger partial charge on any atom is 0.115 e. The third-order valence-electron chi connectivity index (χ3n) is 5.03. The van der Waals surface area contributed by atoms with Crippen LogP contribution in [0, 0.1) is 11.3 Å². The summed E-state index contributed by atoms with van der Waals surface area (Å²) < 4.78 is 0. The van der Waals surface area contributed by atoms with Crippen molar-refractivity contribution in [1.29, 1.82) is 0 Å². The average molecular weight is 247 g/mol. The molecule has 1 heterocycles. The molecule has 1 aromatic heterocycles. The Hall–Kier alpha value is -0.960. The minimum Gasteiger partial charge on any atom is -0.321 e. The third-order valence-corrected chi connectivity index (χ3v) is 5.03. The van der Waals surface area contributed by atoms with Crippen LogP contribution in [-0.2, 0) is 5.54 Å². The second-order valence-corrected chi connectivity index (χ2v) is 6.40. The van der Waals surface area contributed by atoms with Gasteiger partial charge in [-0.1, -0.05) is 27.2 Å². The van der Waals surface area contributed by atoms with Gasteiger partial charge in [-0.2, -0.15) is 0 Å². The minimum absolute atomic E-state index is 0.207. The molecular formula is C15H25N3. The molecule has 100 valence electrons. The van der Waals surface area contributed by atoms with Gasteiger partial charge in [0.05, 0.1) is 0 Å². The Morgan fingerprint density at radius 3 is 2.33 bits per heavy atom. The normalized spacial score (nSPS) is 29.2. The molecule has 0 saturated heterocycles. The van der Waals surface area contributed by atoms with E-state index >= 15 is 0 Å². The lowest BCUT2D eigenvalue weighted by atomic mass is 9.64. The number of nitrogens with zero attached hydrogens (tertiary/aromatic N) is 2. The lowest BCUT2D eigenvalue weighted by molar-refractivity contribution is 0.115. The van der Waals surface area contributed by atoms with Crippen LogP contribution in [0.25, 0.3) is 0 Å². The Kier molecular flexibility index (Phi) is 3.71. The molecular weight excluding hydrogens is 222 g/mol. The molecule has 0 amide bonds. The largest absolute Gasteiger partial charge is 0.321 e. The summed E-state index contributed by atoms with van der Waals surface area (Å²) in [7, 11) is 0. The number of nitrogens with two attached hydrogens (primary N) is 1. The highest BCUT2D eigenvalue weighted by Crippen LogP contribution is 2.45. The molecule has 0 radical (unpaired) electrons. The Labute approximate surface area is 110 Å². The zero-order valence-electron chi connectivity index (χ0n) is 11.8. The molecule has 18 heavy (non-hydrogen) atoms. The van der Waals surface area contributed by atoms with E-state index in [-0.39, 0.29) is 5.54 Å². The molecule has 0 atom stereocenters. The highest BCUT2D eigenvalue weighted by atomic mass is 14.8. The topological polar surface area (TPSA) is 51.8 Å². The first-order valence-corrected chi connectivity index (χ1v) is 7.02. The summed E-state index contributed by atoms with van der Waals surface area (Å²) in [6.45, 7) is 7.05. The first-order valence-electron chi connectivity index (χ1n) is 7.02. The van der Waals surface area contributed by atoms with Crippen LogP contribution in [0.1, 0.15) is 58.4 Å². The van der Waals surface area contributed by atoms with E-state index in [2.05, 4.69) is 30.7 Å². The SMILES string of the molecule is CCC(C)(C)C1CCC(N)(c2cncnc2)CC1. The fraction of sp³-hybridized carbons (Fsp3) is 0.733. The van der Waals surface area contributed by atoms with Crippen LogP contribution in [0.3, 0.4) is 0 Å². The molecule has 2 rings (SSSR count). The van der Waals surface area contributed by atoms with Crippen LogP contribution < -0.4 is 5.73 Å². The molecule has 3 nitrogen and oxygen atoms in total. The molecule has 0 aliphatic heterocycles. The Balaban J connectivity index is 2.06. The molecule has 0 spiro atoms. The minimum atomic E-state index is -0.207. The Morgan fingerprint density at radius 2 is 1.83 bits per heavy atom. The predicted octanol–water partition coefficient (Wildman–Crippen LogP) is 3.26. The van der Waals surface area contributed by atoms with Crippen molar-refractivity contribution in [3.05, 3.63) is 24.3 Å². The van der Waals surface area contributed by atoms with Crippen LogP contribution >= 0.6 is 0 Å². The molecule has 0 aromatic carbocycles. The van der Waals surface area contributed by atoms with E-state index in [1.54, 1.807) is 6.33 Å². The van der Waals surface area contributed by atoms with E-state index in [0.29, 0.717) is 5.41 Å². The van der Waals surface area contributed by atoms with Gasteiger partial charge in [-0.25, -0.2) is 9.97 Å². The fourth-order valence-corrected chi connectivity index (χ4v) is 3.05. The standard InChI is InChI=1S/C15H25N3/c1-4-14(2,3)12-5-7-15(16,8-6-12)13-9-17-11-18-10-13/h9-12H,4-8,16H2,1-3H3. The van der Waals surface area contributed by atoms with E-state index in [1.165, 1.54) is 19.3 Å². The van der Waals surface area contributed by atoms with Crippen molar-refractivity contribution in [2.24, 2.45) is 17.1 Å². The first-order chi connectivity index (χ1) is 8.48. The van der Waals surface area contributed by atoms with Crippen LogP contribution in [-0.4, -0.2) is 9.97 Å². The van der Waals surface area contributed by atoms with Crippen molar-refractivity contribution in [2.75, 3.05) is 0 Å². The molecule has 0 unspecified atom stereocenters. The number of hydrogen-bond acceptors (Lipinski definition) is 3. The maximum absolute atomic E-state index is 6.55. The van der Waals surface area contributed by atoms with E-state index in [1.807, 2.05) is 12.4 Å². The summed E-state index contributed by atoms with van der Waals surface area (Å²) in [6.07, 6.45) is 11.1. The second-order valence-electron chi connectivity index (χ2n) is 6.40. The molecule has 3 heteroatoms. The molecule has 1 aromatic rings. The predicted molar refractivity (Wildman–Crippen MR) is 73.9 cm³/mol. The van der Waals surface area contributed by atoms with Crippen LogP contribution in [0.15, 0.2) is 18.7 Å². The van der Waals surface area contributed by atoms with Crippen molar-refractivity contribution in [2.45, 2.75) is 58.4 Å². The zero-order chi connectivity index (χ0) is 13.2. The molecule has 0 bridgehead atoms. The van der Waals surface area contributed by atoms with E-state index in [9.17, 15) is 0 Å². The van der Waals surface area contributed by atoms with Crippen LogP contribution in [0.2, 0.25) is 0 Å². The van der Waals surface area contributed by atoms with Gasteiger partial charge in [-0.3, -0.25) is 0 Å². The Bertz CT molecular complexity index is 378. The second kappa shape index (κ2) is 4.96. The summed E-state index contributed by atoms with van der Waals surface area (Å²) in [5.74, 6) is 0.795. The van der Waals surface area contributed by atoms with Crippen LogP contribution in [0.4, 0.5) is 0 Å². The summed E-state index contributed by atoms with van der Waals surface area (Å²) in [4.78, 5) is 8.20. The smallest absolute Gasteiger partial charge is 0.115 e. The van der Waals surface area contributed by atoms with Gasteiger partial charge in [0.25, 0.3) is 0 Å². The van der Waals surface area contributed by atoms with Crippen LogP contribution in [0.5, 0.6) is 0 Å². The molecule has 2 N–H and O–H groups in total. The summed E-state index contributed by atoms with van der Waals surface area (Å²) in [6, 6.07) is 0. The zero-order valence-corrected chi connectivity index (χ0v) is 11.8. The van der Waals surface area contributed by atoms with Crippen molar-refractivity contribution in [3.8, 4) is 0 Å². The monoisotopic (exact) mass is 247 g/mol. The van der Waals surface area contributed by atoms with E-state index < -0.39 is 0 Å². The van der Waals surface area contributed by atoms with Gasteiger partial charge in [0.2, 0.25) is 0 Å². The molecule has 1 saturated carbocycles. The number of aromatic nitrogens is 2. The van der Waals surface area contributed by atoms with Gasteiger partial charge in [0, 0.05) is 23.5 Å². The van der Waals surface area contributed by atoms with Gasteiger partial charge in [0.15, 0.2) is 0 Å². The van der Waals surface area contributed by atoms with Crippen molar-refractivity contribution >= 4 is 0 Å². The van der Waals surface area contributed by atoms with E-state index in [4.69, 9.17) is 5.73 Å². The van der Waals surface area contributed by atoms with Crippen molar-refractivity contribution in [1.82, 2.24) is 9.97 Å². The highest BCUT2D eigenvalue weighted by molar-refractivity contribution is 5.17. The number of hydrogen-bond donors (Lipinski definition) is 1. The van der Waals surface area contributed by atoms with Gasteiger partial charge in [-0.05, 0) is 37.0 Å². The van der Waals surface area contributed by atoms with Crippen molar-refractivity contribution in [3.63, 3.8) is 0 Å². The summed E-state index contributed by atoms with van der Waals surface area (Å²) >= 11 is 0. The van der Waals surface area contributed by atoms with Gasteiger partial charge < -0.3 is 5.73 Å². The molecule has 1 fully saturated rings. The third kappa shape index (κ3) is 2.56. The molecule has 1 aliphatic rings. The quantitative estimate of drug-likeness (QED) is 0.892. The first kappa shape index (κ1) is 13.5. The summed E-state index contributed by atoms with van der Waals surface area (Å²) in [5.41, 5.74) is 7.87. The van der Waals surface area contributed by atoms with Gasteiger partial charge >= 0.3 is 0 Å². The van der Waals surface area contributed by atoms with Gasteiger partial charge in [-0.15, -0.1) is 0 Å². The average Bonchev–Trinajstić information content (AvgIpc) is 2.40. The van der Waals surface area contributed by atoms with Crippen molar-refractivity contribution < 1.29 is 0 Å². The highest BCUT2D eigenvalue weighted by Gasteiger charge is 2.38. The Morgan fingerprint density at radius 1 is 1.28 bits per heavy atom. The lowest BCUT2D eigenvalue weighted by Crippen LogP contribution is -2.43. The maximum atomic E-state index is 6.55. The number of rotatable bonds is 3. The van der Waals surface area contributed by atoms with E-state index in [0.717, 1.165) is 24.3 Å². The lowest BCUT2D eigenvalue weighted by Gasteiger charge is -2.43.